The number of ether oxygens (including phenoxy) is 1. The topological polar surface area (TPSA) is 41.7 Å². The Labute approximate surface area is 118 Å². The van der Waals surface area contributed by atoms with E-state index < -0.39 is 0 Å². The van der Waals surface area contributed by atoms with Gasteiger partial charge in [0.2, 0.25) is 0 Å². The summed E-state index contributed by atoms with van der Waals surface area (Å²) in [6.07, 6.45) is 3.86. The summed E-state index contributed by atoms with van der Waals surface area (Å²) in [5.74, 6) is 0. The van der Waals surface area contributed by atoms with Gasteiger partial charge in [-0.25, -0.2) is 0 Å². The summed E-state index contributed by atoms with van der Waals surface area (Å²) in [5, 5.41) is 0. The summed E-state index contributed by atoms with van der Waals surface area (Å²) >= 11 is 0. The SMILES string of the molecule is CCC1COC(C)CN1C1(CN)CCN(C)C(C)C1. The third-order valence-corrected chi connectivity index (χ3v) is 5.29. The van der Waals surface area contributed by atoms with E-state index in [1.54, 1.807) is 0 Å². The number of rotatable bonds is 3. The van der Waals surface area contributed by atoms with Gasteiger partial charge < -0.3 is 15.4 Å². The van der Waals surface area contributed by atoms with E-state index in [9.17, 15) is 0 Å². The quantitative estimate of drug-likeness (QED) is 0.838. The van der Waals surface area contributed by atoms with Crippen molar-refractivity contribution in [2.24, 2.45) is 5.73 Å². The molecule has 0 amide bonds. The second kappa shape index (κ2) is 6.08. The highest BCUT2D eigenvalue weighted by Gasteiger charge is 2.45. The van der Waals surface area contributed by atoms with E-state index >= 15 is 0 Å². The fraction of sp³-hybridized carbons (Fsp3) is 1.00. The molecule has 0 saturated carbocycles. The number of hydrogen-bond donors (Lipinski definition) is 1. The Balaban J connectivity index is 2.18. The van der Waals surface area contributed by atoms with Crippen molar-refractivity contribution in [3.05, 3.63) is 0 Å². The molecule has 2 aliphatic rings. The molecule has 0 aromatic rings. The zero-order chi connectivity index (χ0) is 14.0. The van der Waals surface area contributed by atoms with Gasteiger partial charge in [0.15, 0.2) is 0 Å². The first-order chi connectivity index (χ1) is 9.02. The van der Waals surface area contributed by atoms with Gasteiger partial charge in [-0.2, -0.15) is 0 Å². The minimum absolute atomic E-state index is 0.185. The molecule has 4 heteroatoms. The van der Waals surface area contributed by atoms with Gasteiger partial charge in [-0.1, -0.05) is 6.92 Å². The third kappa shape index (κ3) is 2.97. The van der Waals surface area contributed by atoms with E-state index in [2.05, 4.69) is 37.6 Å². The normalized spacial score (nSPS) is 42.5. The summed E-state index contributed by atoms with van der Waals surface area (Å²) in [6, 6.07) is 1.16. The molecule has 112 valence electrons. The van der Waals surface area contributed by atoms with Crippen molar-refractivity contribution in [3.8, 4) is 0 Å². The van der Waals surface area contributed by atoms with Crippen LogP contribution in [0.25, 0.3) is 0 Å². The van der Waals surface area contributed by atoms with Gasteiger partial charge >= 0.3 is 0 Å². The van der Waals surface area contributed by atoms with E-state index in [4.69, 9.17) is 10.5 Å². The fourth-order valence-corrected chi connectivity index (χ4v) is 3.74. The van der Waals surface area contributed by atoms with Crippen molar-refractivity contribution < 1.29 is 4.74 Å². The summed E-state index contributed by atoms with van der Waals surface area (Å²) < 4.78 is 5.85. The Morgan fingerprint density at radius 3 is 2.68 bits per heavy atom. The third-order valence-electron chi connectivity index (χ3n) is 5.29. The van der Waals surface area contributed by atoms with Gasteiger partial charge in [0, 0.05) is 30.7 Å². The highest BCUT2D eigenvalue weighted by Crippen LogP contribution is 2.35. The van der Waals surface area contributed by atoms with E-state index in [0.29, 0.717) is 18.2 Å². The zero-order valence-corrected chi connectivity index (χ0v) is 13.1. The maximum atomic E-state index is 6.24. The zero-order valence-electron chi connectivity index (χ0n) is 13.1. The van der Waals surface area contributed by atoms with Gasteiger partial charge in [-0.15, -0.1) is 0 Å². The first kappa shape index (κ1) is 15.2. The van der Waals surface area contributed by atoms with Crippen LogP contribution in [0.1, 0.15) is 40.0 Å². The van der Waals surface area contributed by atoms with Gasteiger partial charge in [0.05, 0.1) is 12.7 Å². The minimum atomic E-state index is 0.185. The van der Waals surface area contributed by atoms with E-state index in [-0.39, 0.29) is 5.54 Å². The average Bonchev–Trinajstić information content (AvgIpc) is 2.42. The summed E-state index contributed by atoms with van der Waals surface area (Å²) in [6.45, 7) is 10.6. The molecule has 2 rings (SSSR count). The molecule has 4 unspecified atom stereocenters. The Morgan fingerprint density at radius 2 is 2.11 bits per heavy atom. The predicted octanol–water partition coefficient (Wildman–Crippen LogP) is 1.30. The Morgan fingerprint density at radius 1 is 1.37 bits per heavy atom. The molecule has 19 heavy (non-hydrogen) atoms. The number of piperidine rings is 1. The molecule has 2 N–H and O–H groups in total. The van der Waals surface area contributed by atoms with Crippen molar-refractivity contribution in [2.75, 3.05) is 33.3 Å². The summed E-state index contributed by atoms with van der Waals surface area (Å²) in [4.78, 5) is 5.14. The molecule has 0 spiro atoms. The van der Waals surface area contributed by atoms with Crippen LogP contribution in [-0.2, 0) is 4.74 Å². The van der Waals surface area contributed by atoms with E-state index in [1.165, 1.54) is 12.8 Å². The van der Waals surface area contributed by atoms with Crippen LogP contribution >= 0.6 is 0 Å². The van der Waals surface area contributed by atoms with Crippen molar-refractivity contribution in [2.45, 2.75) is 63.8 Å². The van der Waals surface area contributed by atoms with Crippen LogP contribution in [0, 0.1) is 0 Å². The first-order valence-electron chi connectivity index (χ1n) is 7.81. The molecular weight excluding hydrogens is 238 g/mol. The smallest absolute Gasteiger partial charge is 0.0675 e. The molecule has 2 aliphatic heterocycles. The Bertz CT molecular complexity index is 299. The second-order valence-electron chi connectivity index (χ2n) is 6.57. The minimum Gasteiger partial charge on any atom is -0.376 e. The van der Waals surface area contributed by atoms with Gasteiger partial charge in [0.25, 0.3) is 0 Å². The molecule has 2 fully saturated rings. The van der Waals surface area contributed by atoms with Crippen molar-refractivity contribution in [3.63, 3.8) is 0 Å². The lowest BCUT2D eigenvalue weighted by atomic mass is 9.80. The number of nitrogens with two attached hydrogens (primary N) is 1. The lowest BCUT2D eigenvalue weighted by Gasteiger charge is -2.55. The molecule has 2 heterocycles. The van der Waals surface area contributed by atoms with Crippen LogP contribution in [0.15, 0.2) is 0 Å². The molecule has 0 bridgehead atoms. The van der Waals surface area contributed by atoms with Crippen molar-refractivity contribution >= 4 is 0 Å². The maximum absolute atomic E-state index is 6.24. The van der Waals surface area contributed by atoms with Gasteiger partial charge in [0.1, 0.15) is 0 Å². The predicted molar refractivity (Wildman–Crippen MR) is 79.3 cm³/mol. The van der Waals surface area contributed by atoms with Crippen LogP contribution in [0.3, 0.4) is 0 Å². The number of nitrogens with zero attached hydrogens (tertiary/aromatic N) is 2. The number of morpholine rings is 1. The molecule has 2 saturated heterocycles. The van der Waals surface area contributed by atoms with Crippen molar-refractivity contribution in [1.29, 1.82) is 0 Å². The van der Waals surface area contributed by atoms with Gasteiger partial charge in [-0.05, 0) is 46.7 Å². The lowest BCUT2D eigenvalue weighted by molar-refractivity contribution is -0.116. The van der Waals surface area contributed by atoms with Crippen LogP contribution < -0.4 is 5.73 Å². The number of hydrogen-bond acceptors (Lipinski definition) is 4. The van der Waals surface area contributed by atoms with Gasteiger partial charge in [-0.3, -0.25) is 4.90 Å². The fourth-order valence-electron chi connectivity index (χ4n) is 3.74. The lowest BCUT2D eigenvalue weighted by Crippen LogP contribution is -2.67. The second-order valence-corrected chi connectivity index (χ2v) is 6.57. The Kier molecular flexibility index (Phi) is 4.88. The highest BCUT2D eigenvalue weighted by molar-refractivity contribution is 5.02. The Hall–Kier alpha value is -0.160. The molecule has 0 aliphatic carbocycles. The molecule has 0 aromatic carbocycles. The van der Waals surface area contributed by atoms with Crippen LogP contribution in [0.2, 0.25) is 0 Å². The van der Waals surface area contributed by atoms with Crippen LogP contribution in [0.4, 0.5) is 0 Å². The maximum Gasteiger partial charge on any atom is 0.0675 e. The highest BCUT2D eigenvalue weighted by atomic mass is 16.5. The monoisotopic (exact) mass is 269 g/mol. The molecule has 0 aromatic heterocycles. The largest absolute Gasteiger partial charge is 0.376 e. The summed E-state index contributed by atoms with van der Waals surface area (Å²) in [5.41, 5.74) is 6.42. The van der Waals surface area contributed by atoms with E-state index in [0.717, 1.165) is 32.7 Å². The molecular formula is C15H31N3O. The summed E-state index contributed by atoms with van der Waals surface area (Å²) in [7, 11) is 2.23. The first-order valence-corrected chi connectivity index (χ1v) is 7.81. The van der Waals surface area contributed by atoms with Crippen molar-refractivity contribution in [1.82, 2.24) is 9.80 Å². The molecule has 4 atom stereocenters. The van der Waals surface area contributed by atoms with Crippen LogP contribution in [0.5, 0.6) is 0 Å². The van der Waals surface area contributed by atoms with Crippen LogP contribution in [-0.4, -0.2) is 66.8 Å². The molecule has 4 nitrogen and oxygen atoms in total. The standard InChI is InChI=1S/C15H31N3O/c1-5-14-10-19-13(3)9-18(14)15(11-16)6-7-17(4)12(2)8-15/h12-14H,5-11,16H2,1-4H3. The molecule has 0 radical (unpaired) electrons. The average molecular weight is 269 g/mol. The number of likely N-dealkylation sites (tertiary alicyclic amines) is 1. The van der Waals surface area contributed by atoms with E-state index in [1.807, 2.05) is 0 Å².